The Hall–Kier alpha value is -3.27. The van der Waals surface area contributed by atoms with Crippen molar-refractivity contribution in [1.29, 1.82) is 10.9 Å². The number of hydrogen-bond acceptors (Lipinski definition) is 8. The third-order valence-electron chi connectivity index (χ3n) is 4.67. The Bertz CT molecular complexity index is 1030. The SMILES string of the molecule is CN/C=C(\N=N)C(O)/C(=C/C(=N)Cl)Nc1ccc(F)cc1[C@@H](C)OCc1ccc(OC)cc1. The molecule has 2 atom stereocenters. The van der Waals surface area contributed by atoms with E-state index >= 15 is 0 Å². The van der Waals surface area contributed by atoms with Gasteiger partial charge in [-0.25, -0.2) is 9.92 Å². The molecule has 0 amide bonds. The Kier molecular flexibility index (Phi) is 9.99. The van der Waals surface area contributed by atoms with Gasteiger partial charge in [0.05, 0.1) is 25.5 Å². The molecule has 0 bridgehead atoms. The highest BCUT2D eigenvalue weighted by Crippen LogP contribution is 2.30. The van der Waals surface area contributed by atoms with Gasteiger partial charge in [0.25, 0.3) is 0 Å². The van der Waals surface area contributed by atoms with E-state index in [0.717, 1.165) is 11.3 Å². The topological polar surface area (TPSA) is 123 Å². The van der Waals surface area contributed by atoms with Crippen molar-refractivity contribution >= 4 is 22.5 Å². The first-order valence-electron chi connectivity index (χ1n) is 9.98. The highest BCUT2D eigenvalue weighted by Gasteiger charge is 2.20. The molecule has 10 heteroatoms. The molecule has 0 saturated heterocycles. The number of allylic oxidation sites excluding steroid dienone is 1. The van der Waals surface area contributed by atoms with Gasteiger partial charge in [0.15, 0.2) is 0 Å². The van der Waals surface area contributed by atoms with Gasteiger partial charge in [-0.2, -0.15) is 5.11 Å². The molecule has 33 heavy (non-hydrogen) atoms. The lowest BCUT2D eigenvalue weighted by atomic mass is 10.1. The molecule has 2 aromatic rings. The van der Waals surface area contributed by atoms with Crippen molar-refractivity contribution in [2.24, 2.45) is 5.11 Å². The molecule has 0 spiro atoms. The summed E-state index contributed by atoms with van der Waals surface area (Å²) in [4.78, 5) is 0. The second kappa shape index (κ2) is 12.7. The quantitative estimate of drug-likeness (QED) is 0.216. The Labute approximate surface area is 197 Å². The van der Waals surface area contributed by atoms with Crippen molar-refractivity contribution in [2.75, 3.05) is 19.5 Å². The van der Waals surface area contributed by atoms with Gasteiger partial charge in [0.2, 0.25) is 0 Å². The van der Waals surface area contributed by atoms with Crippen molar-refractivity contribution in [3.8, 4) is 5.75 Å². The first-order chi connectivity index (χ1) is 15.8. The van der Waals surface area contributed by atoms with E-state index in [2.05, 4.69) is 15.7 Å². The Morgan fingerprint density at radius 1 is 1.27 bits per heavy atom. The van der Waals surface area contributed by atoms with Crippen LogP contribution in [0.1, 0.15) is 24.2 Å². The third-order valence-corrected chi connectivity index (χ3v) is 4.78. The van der Waals surface area contributed by atoms with Gasteiger partial charge in [-0.3, -0.25) is 5.41 Å². The number of halogens is 2. The second-order valence-electron chi connectivity index (χ2n) is 6.98. The molecule has 0 radical (unpaired) electrons. The molecule has 0 aliphatic carbocycles. The second-order valence-corrected chi connectivity index (χ2v) is 7.38. The van der Waals surface area contributed by atoms with Gasteiger partial charge < -0.3 is 25.2 Å². The average molecular weight is 476 g/mol. The molecule has 0 aliphatic heterocycles. The number of nitrogens with one attached hydrogen (secondary N) is 4. The zero-order valence-corrected chi connectivity index (χ0v) is 19.3. The van der Waals surface area contributed by atoms with E-state index in [1.807, 2.05) is 24.3 Å². The minimum absolute atomic E-state index is 0.0124. The van der Waals surface area contributed by atoms with Crippen LogP contribution in [0.2, 0.25) is 0 Å². The van der Waals surface area contributed by atoms with Gasteiger partial charge in [0, 0.05) is 24.5 Å². The van der Waals surface area contributed by atoms with Crippen LogP contribution in [0.15, 0.2) is 71.2 Å². The van der Waals surface area contributed by atoms with Crippen LogP contribution in [0.3, 0.4) is 0 Å². The van der Waals surface area contributed by atoms with Crippen molar-refractivity contribution in [3.05, 3.63) is 83.1 Å². The van der Waals surface area contributed by atoms with Crippen molar-refractivity contribution in [2.45, 2.75) is 25.7 Å². The van der Waals surface area contributed by atoms with E-state index in [1.54, 1.807) is 21.1 Å². The van der Waals surface area contributed by atoms with Crippen LogP contribution in [-0.4, -0.2) is 30.5 Å². The number of rotatable bonds is 12. The number of aliphatic hydroxyl groups is 1. The molecule has 0 saturated carbocycles. The van der Waals surface area contributed by atoms with E-state index < -0.39 is 18.0 Å². The molecule has 8 nitrogen and oxygen atoms in total. The van der Waals surface area contributed by atoms with Crippen LogP contribution in [0.25, 0.3) is 0 Å². The third kappa shape index (κ3) is 7.67. The summed E-state index contributed by atoms with van der Waals surface area (Å²) in [6.45, 7) is 2.06. The maximum absolute atomic E-state index is 14.1. The molecule has 0 aromatic heterocycles. The number of ether oxygens (including phenoxy) is 2. The van der Waals surface area contributed by atoms with E-state index in [1.165, 1.54) is 30.5 Å². The summed E-state index contributed by atoms with van der Waals surface area (Å²) in [5, 5.41) is 26.9. The van der Waals surface area contributed by atoms with Crippen LogP contribution in [-0.2, 0) is 11.3 Å². The zero-order chi connectivity index (χ0) is 24.4. The minimum atomic E-state index is -1.39. The smallest absolute Gasteiger partial charge is 0.139 e. The van der Waals surface area contributed by atoms with Crippen molar-refractivity contribution in [3.63, 3.8) is 0 Å². The fourth-order valence-corrected chi connectivity index (χ4v) is 3.09. The number of nitrogens with zero attached hydrogens (tertiary/aromatic N) is 1. The summed E-state index contributed by atoms with van der Waals surface area (Å²) < 4.78 is 25.2. The summed E-state index contributed by atoms with van der Waals surface area (Å²) in [6.07, 6.45) is 0.628. The first-order valence-corrected chi connectivity index (χ1v) is 10.4. The summed E-state index contributed by atoms with van der Waals surface area (Å²) >= 11 is 5.72. The average Bonchev–Trinajstić information content (AvgIpc) is 2.81. The number of methoxy groups -OCH3 is 1. The predicted molar refractivity (Wildman–Crippen MR) is 126 cm³/mol. The maximum atomic E-state index is 14.1. The van der Waals surface area contributed by atoms with Crippen molar-refractivity contribution in [1.82, 2.24) is 5.32 Å². The van der Waals surface area contributed by atoms with Crippen LogP contribution < -0.4 is 15.4 Å². The van der Waals surface area contributed by atoms with Crippen molar-refractivity contribution < 1.29 is 19.0 Å². The largest absolute Gasteiger partial charge is 0.497 e. The van der Waals surface area contributed by atoms with Gasteiger partial charge in [0.1, 0.15) is 28.5 Å². The summed E-state index contributed by atoms with van der Waals surface area (Å²) in [5.74, 6) is 0.279. The standard InChI is InChI=1S/C23H27ClFN5O3/c1-14(33-13-15-4-7-17(32-3)8-5-15)18-10-16(25)6-9-19(18)29-20(11-22(24)26)23(31)21(30-27)12-28-2/h4-12,14,23,26-29,31H,13H2,1-3H3/b20-11-,21-12-,26-22?,30-27?/t14-,23?/m1/s1. The minimum Gasteiger partial charge on any atom is -0.497 e. The summed E-state index contributed by atoms with van der Waals surface area (Å²) in [6, 6.07) is 11.5. The van der Waals surface area contributed by atoms with Gasteiger partial charge in [-0.1, -0.05) is 23.7 Å². The van der Waals surface area contributed by atoms with E-state index in [4.69, 9.17) is 32.0 Å². The Balaban J connectivity index is 2.29. The monoisotopic (exact) mass is 475 g/mol. The molecule has 176 valence electrons. The van der Waals surface area contributed by atoms with Crippen LogP contribution >= 0.6 is 11.6 Å². The molecular formula is C23H27ClFN5O3. The molecule has 5 N–H and O–H groups in total. The van der Waals surface area contributed by atoms with Crippen LogP contribution in [0.4, 0.5) is 10.1 Å². The number of anilines is 1. The first kappa shape index (κ1) is 26.0. The fraction of sp³-hybridized carbons (Fsp3) is 0.261. The normalized spacial score (nSPS) is 13.8. The molecule has 0 heterocycles. The molecule has 0 aliphatic rings. The lowest BCUT2D eigenvalue weighted by Crippen LogP contribution is -2.21. The maximum Gasteiger partial charge on any atom is 0.139 e. The number of benzene rings is 2. The lowest BCUT2D eigenvalue weighted by Gasteiger charge is -2.22. The molecule has 2 rings (SSSR count). The van der Waals surface area contributed by atoms with E-state index in [9.17, 15) is 9.50 Å². The van der Waals surface area contributed by atoms with E-state index in [0.29, 0.717) is 11.3 Å². The summed E-state index contributed by atoms with van der Waals surface area (Å²) in [7, 11) is 3.19. The lowest BCUT2D eigenvalue weighted by molar-refractivity contribution is 0.0528. The number of hydrogen-bond donors (Lipinski definition) is 5. The molecule has 2 aromatic carbocycles. The molecule has 1 unspecified atom stereocenters. The predicted octanol–water partition coefficient (Wildman–Crippen LogP) is 5.08. The van der Waals surface area contributed by atoms with Crippen LogP contribution in [0, 0.1) is 16.8 Å². The number of aliphatic hydroxyl groups excluding tert-OH is 1. The van der Waals surface area contributed by atoms with Gasteiger partial charge >= 0.3 is 0 Å². The molecular weight excluding hydrogens is 449 g/mol. The Morgan fingerprint density at radius 2 is 1.97 bits per heavy atom. The van der Waals surface area contributed by atoms with Gasteiger partial charge in [-0.05, 0) is 48.9 Å². The van der Waals surface area contributed by atoms with Crippen LogP contribution in [0.5, 0.6) is 5.75 Å². The Morgan fingerprint density at radius 3 is 2.55 bits per heavy atom. The highest BCUT2D eigenvalue weighted by molar-refractivity contribution is 6.67. The highest BCUT2D eigenvalue weighted by atomic mass is 35.5. The fourth-order valence-electron chi connectivity index (χ4n) is 2.97. The van der Waals surface area contributed by atoms with Gasteiger partial charge in [-0.15, -0.1) is 0 Å². The molecule has 0 fully saturated rings. The zero-order valence-electron chi connectivity index (χ0n) is 18.5. The summed E-state index contributed by atoms with van der Waals surface area (Å²) in [5.41, 5.74) is 9.21. The van der Waals surface area contributed by atoms with E-state index in [-0.39, 0.29) is 23.2 Å².